The Kier molecular flexibility index (Phi) is 3.52. The number of benzene rings is 1. The van der Waals surface area contributed by atoms with E-state index < -0.39 is 0 Å². The third-order valence-electron chi connectivity index (χ3n) is 2.84. The van der Waals surface area contributed by atoms with Crippen molar-refractivity contribution in [2.24, 2.45) is 0 Å². The summed E-state index contributed by atoms with van der Waals surface area (Å²) >= 11 is 0. The number of anilines is 1. The van der Waals surface area contributed by atoms with Gasteiger partial charge in [0.15, 0.2) is 0 Å². The zero-order valence-corrected chi connectivity index (χ0v) is 9.94. The third-order valence-corrected chi connectivity index (χ3v) is 2.84. The zero-order valence-electron chi connectivity index (χ0n) is 9.94. The lowest BCUT2D eigenvalue weighted by atomic mass is 9.96. The molecule has 2 N–H and O–H groups in total. The molecule has 1 aliphatic carbocycles. The summed E-state index contributed by atoms with van der Waals surface area (Å²) in [5, 5.41) is 0. The van der Waals surface area contributed by atoms with E-state index in [0.29, 0.717) is 23.6 Å². The van der Waals surface area contributed by atoms with Crippen molar-refractivity contribution in [1.82, 2.24) is 0 Å². The third kappa shape index (κ3) is 2.70. The second-order valence-electron chi connectivity index (χ2n) is 4.15. The van der Waals surface area contributed by atoms with E-state index in [2.05, 4.69) is 0 Å². The SMILES string of the molecule is CCOC(=O)c1cc(N)ccc1OC1CCC1. The van der Waals surface area contributed by atoms with Crippen molar-refractivity contribution < 1.29 is 14.3 Å². The second-order valence-corrected chi connectivity index (χ2v) is 4.15. The lowest BCUT2D eigenvalue weighted by Crippen LogP contribution is -2.25. The number of nitrogen functional groups attached to an aromatic ring is 1. The molecule has 1 aromatic carbocycles. The molecule has 92 valence electrons. The minimum Gasteiger partial charge on any atom is -0.490 e. The van der Waals surface area contributed by atoms with Crippen molar-refractivity contribution in [3.8, 4) is 5.75 Å². The number of hydrogen-bond acceptors (Lipinski definition) is 4. The molecule has 4 nitrogen and oxygen atoms in total. The van der Waals surface area contributed by atoms with Crippen molar-refractivity contribution in [3.63, 3.8) is 0 Å². The van der Waals surface area contributed by atoms with Gasteiger partial charge in [0.1, 0.15) is 11.3 Å². The molecule has 0 atom stereocenters. The fourth-order valence-corrected chi connectivity index (χ4v) is 1.69. The largest absolute Gasteiger partial charge is 0.490 e. The minimum atomic E-state index is -0.380. The van der Waals surface area contributed by atoms with Crippen LogP contribution in [0.3, 0.4) is 0 Å². The van der Waals surface area contributed by atoms with Crippen LogP contribution < -0.4 is 10.5 Å². The van der Waals surface area contributed by atoms with Crippen molar-refractivity contribution in [2.45, 2.75) is 32.3 Å². The maximum absolute atomic E-state index is 11.7. The predicted octanol–water partition coefficient (Wildman–Crippen LogP) is 2.38. The van der Waals surface area contributed by atoms with Crippen LogP contribution in [-0.2, 0) is 4.74 Å². The van der Waals surface area contributed by atoms with Gasteiger partial charge in [-0.15, -0.1) is 0 Å². The van der Waals surface area contributed by atoms with E-state index in [1.54, 1.807) is 25.1 Å². The summed E-state index contributed by atoms with van der Waals surface area (Å²) in [6.07, 6.45) is 3.51. The van der Waals surface area contributed by atoms with Crippen LogP contribution in [0, 0.1) is 0 Å². The molecule has 1 aromatic rings. The van der Waals surface area contributed by atoms with Gasteiger partial charge in [-0.05, 0) is 44.4 Å². The minimum absolute atomic E-state index is 0.229. The highest BCUT2D eigenvalue weighted by Gasteiger charge is 2.22. The number of carbonyl (C=O) groups is 1. The Bertz CT molecular complexity index is 413. The van der Waals surface area contributed by atoms with Crippen LogP contribution in [-0.4, -0.2) is 18.7 Å². The van der Waals surface area contributed by atoms with Gasteiger partial charge in [0.2, 0.25) is 0 Å². The Hall–Kier alpha value is -1.71. The Morgan fingerprint density at radius 1 is 1.47 bits per heavy atom. The first-order valence-corrected chi connectivity index (χ1v) is 5.94. The van der Waals surface area contributed by atoms with Crippen molar-refractivity contribution in [2.75, 3.05) is 12.3 Å². The van der Waals surface area contributed by atoms with E-state index in [1.807, 2.05) is 0 Å². The average molecular weight is 235 g/mol. The Morgan fingerprint density at radius 3 is 2.82 bits per heavy atom. The first-order chi connectivity index (χ1) is 8.20. The van der Waals surface area contributed by atoms with Gasteiger partial charge in [-0.1, -0.05) is 0 Å². The van der Waals surface area contributed by atoms with Gasteiger partial charge in [0, 0.05) is 5.69 Å². The lowest BCUT2D eigenvalue weighted by Gasteiger charge is -2.27. The summed E-state index contributed by atoms with van der Waals surface area (Å²) in [4.78, 5) is 11.7. The van der Waals surface area contributed by atoms with E-state index in [-0.39, 0.29) is 12.1 Å². The molecule has 0 aliphatic heterocycles. The molecule has 0 spiro atoms. The van der Waals surface area contributed by atoms with Gasteiger partial charge in [-0.3, -0.25) is 0 Å². The highest BCUT2D eigenvalue weighted by molar-refractivity contribution is 5.93. The number of carbonyl (C=O) groups excluding carboxylic acids is 1. The van der Waals surface area contributed by atoms with Crippen molar-refractivity contribution in [3.05, 3.63) is 23.8 Å². The van der Waals surface area contributed by atoms with E-state index in [4.69, 9.17) is 15.2 Å². The quantitative estimate of drug-likeness (QED) is 0.643. The number of rotatable bonds is 4. The first-order valence-electron chi connectivity index (χ1n) is 5.94. The molecule has 4 heteroatoms. The number of hydrogen-bond donors (Lipinski definition) is 1. The standard InChI is InChI=1S/C13H17NO3/c1-2-16-13(15)11-8-9(14)6-7-12(11)17-10-4-3-5-10/h6-8,10H,2-5,14H2,1H3. The highest BCUT2D eigenvalue weighted by Crippen LogP contribution is 2.29. The van der Waals surface area contributed by atoms with Crippen LogP contribution in [0.1, 0.15) is 36.5 Å². The van der Waals surface area contributed by atoms with Crippen molar-refractivity contribution >= 4 is 11.7 Å². The summed E-state index contributed by atoms with van der Waals surface area (Å²) in [6.45, 7) is 2.12. The Morgan fingerprint density at radius 2 is 2.24 bits per heavy atom. The van der Waals surface area contributed by atoms with Gasteiger partial charge >= 0.3 is 5.97 Å². The Balaban J connectivity index is 2.19. The zero-order chi connectivity index (χ0) is 12.3. The maximum Gasteiger partial charge on any atom is 0.341 e. The molecule has 17 heavy (non-hydrogen) atoms. The van der Waals surface area contributed by atoms with Crippen LogP contribution in [0.5, 0.6) is 5.75 Å². The summed E-state index contributed by atoms with van der Waals surface area (Å²) in [5.41, 5.74) is 6.63. The molecule has 1 saturated carbocycles. The van der Waals surface area contributed by atoms with Crippen LogP contribution in [0.15, 0.2) is 18.2 Å². The topological polar surface area (TPSA) is 61.5 Å². The van der Waals surface area contributed by atoms with Crippen LogP contribution in [0.4, 0.5) is 5.69 Å². The van der Waals surface area contributed by atoms with Crippen molar-refractivity contribution in [1.29, 1.82) is 0 Å². The summed E-state index contributed by atoms with van der Waals surface area (Å²) < 4.78 is 10.7. The van der Waals surface area contributed by atoms with E-state index in [1.165, 1.54) is 6.42 Å². The van der Waals surface area contributed by atoms with Crippen LogP contribution >= 0.6 is 0 Å². The molecular weight excluding hydrogens is 218 g/mol. The molecule has 1 aliphatic rings. The van der Waals surface area contributed by atoms with E-state index >= 15 is 0 Å². The summed E-state index contributed by atoms with van der Waals surface area (Å²) in [7, 11) is 0. The molecule has 0 radical (unpaired) electrons. The smallest absolute Gasteiger partial charge is 0.341 e. The van der Waals surface area contributed by atoms with E-state index in [0.717, 1.165) is 12.8 Å². The van der Waals surface area contributed by atoms with E-state index in [9.17, 15) is 4.79 Å². The molecule has 0 aromatic heterocycles. The second kappa shape index (κ2) is 5.08. The molecule has 1 fully saturated rings. The number of esters is 1. The highest BCUT2D eigenvalue weighted by atomic mass is 16.5. The summed E-state index contributed by atoms with van der Waals surface area (Å²) in [6, 6.07) is 5.07. The average Bonchev–Trinajstić information content (AvgIpc) is 2.25. The monoisotopic (exact) mass is 235 g/mol. The number of ether oxygens (including phenoxy) is 2. The molecule has 0 unspecified atom stereocenters. The van der Waals surface area contributed by atoms with Gasteiger partial charge in [0.25, 0.3) is 0 Å². The molecule has 2 rings (SSSR count). The molecule has 0 heterocycles. The molecule has 0 amide bonds. The predicted molar refractivity (Wildman–Crippen MR) is 65.1 cm³/mol. The lowest BCUT2D eigenvalue weighted by molar-refractivity contribution is 0.0512. The van der Waals surface area contributed by atoms with Crippen LogP contribution in [0.25, 0.3) is 0 Å². The molecule has 0 bridgehead atoms. The normalized spacial score (nSPS) is 15.1. The first kappa shape index (κ1) is 11.8. The van der Waals surface area contributed by atoms with Gasteiger partial charge in [-0.2, -0.15) is 0 Å². The van der Waals surface area contributed by atoms with Gasteiger partial charge in [0.05, 0.1) is 12.7 Å². The Labute approximate surface area is 101 Å². The fraction of sp³-hybridized carbons (Fsp3) is 0.462. The molecule has 0 saturated heterocycles. The fourth-order valence-electron chi connectivity index (χ4n) is 1.69. The van der Waals surface area contributed by atoms with Crippen LogP contribution in [0.2, 0.25) is 0 Å². The maximum atomic E-state index is 11.7. The van der Waals surface area contributed by atoms with Gasteiger partial charge in [-0.25, -0.2) is 4.79 Å². The summed E-state index contributed by atoms with van der Waals surface area (Å²) in [5.74, 6) is 0.191. The number of nitrogens with two attached hydrogens (primary N) is 1. The van der Waals surface area contributed by atoms with Gasteiger partial charge < -0.3 is 15.2 Å². The molecular formula is C13H17NO3.